The molecule has 2 aliphatic heterocycles. The molecule has 8 nitrogen and oxygen atoms in total. The first kappa shape index (κ1) is 29.6. The lowest BCUT2D eigenvalue weighted by atomic mass is 9.96. The Balaban J connectivity index is 1.25. The molecular weight excluding hydrogens is 564 g/mol. The number of carbonyl (C=O) groups excluding carboxylic acids is 1. The van der Waals surface area contributed by atoms with Gasteiger partial charge in [0.15, 0.2) is 5.78 Å². The molecule has 0 amide bonds. The average molecular weight is 603 g/mol. The van der Waals surface area contributed by atoms with Gasteiger partial charge < -0.3 is 24.4 Å². The molecule has 1 aromatic heterocycles. The Morgan fingerprint density at radius 3 is 2.63 bits per heavy atom. The molecule has 1 unspecified atom stereocenters. The van der Waals surface area contributed by atoms with Gasteiger partial charge in [0.2, 0.25) is 0 Å². The number of benzene rings is 3. The molecule has 2 saturated heterocycles. The maximum Gasteiger partial charge on any atom is 0.195 e. The van der Waals surface area contributed by atoms with E-state index in [-0.39, 0.29) is 24.2 Å². The van der Waals surface area contributed by atoms with E-state index in [1.807, 2.05) is 48.5 Å². The number of aliphatic hydroxyl groups excluding tert-OH is 1. The number of nitrogens with zero attached hydrogens (tertiary/aromatic N) is 2. The molecule has 9 heteroatoms. The van der Waals surface area contributed by atoms with E-state index in [1.165, 1.54) is 11.3 Å². The van der Waals surface area contributed by atoms with Gasteiger partial charge in [0.25, 0.3) is 0 Å². The molecule has 0 radical (unpaired) electrons. The van der Waals surface area contributed by atoms with E-state index in [2.05, 4.69) is 9.80 Å². The Morgan fingerprint density at radius 2 is 1.86 bits per heavy atom. The zero-order valence-electron chi connectivity index (χ0n) is 24.5. The molecule has 0 bridgehead atoms. The van der Waals surface area contributed by atoms with Gasteiger partial charge in [0, 0.05) is 63.9 Å². The number of thiophene rings is 1. The first-order valence-electron chi connectivity index (χ1n) is 14.9. The predicted octanol–water partition coefficient (Wildman–Crippen LogP) is 5.18. The van der Waals surface area contributed by atoms with Crippen molar-refractivity contribution in [3.8, 4) is 27.7 Å². The normalized spacial score (nSPS) is 17.9. The molecule has 1 atom stereocenters. The minimum Gasteiger partial charge on any atom is -0.508 e. The number of ether oxygens (including phenoxy) is 3. The molecule has 0 spiro atoms. The van der Waals surface area contributed by atoms with Crippen molar-refractivity contribution >= 4 is 27.2 Å². The minimum atomic E-state index is -0.0902. The largest absolute Gasteiger partial charge is 0.508 e. The van der Waals surface area contributed by atoms with E-state index in [0.717, 1.165) is 90.6 Å². The van der Waals surface area contributed by atoms with E-state index in [4.69, 9.17) is 14.2 Å². The molecule has 0 aliphatic carbocycles. The van der Waals surface area contributed by atoms with Crippen LogP contribution in [0, 0.1) is 0 Å². The highest BCUT2D eigenvalue weighted by Gasteiger charge is 2.25. The molecular formula is C34H38N2O6S. The number of rotatable bonds is 11. The Hall–Kier alpha value is -3.47. The van der Waals surface area contributed by atoms with E-state index in [9.17, 15) is 15.0 Å². The summed E-state index contributed by atoms with van der Waals surface area (Å²) in [6, 6.07) is 18.9. The van der Waals surface area contributed by atoms with Gasteiger partial charge >= 0.3 is 0 Å². The maximum atomic E-state index is 14.2. The Kier molecular flexibility index (Phi) is 9.25. The summed E-state index contributed by atoms with van der Waals surface area (Å²) in [5.74, 6) is 1.53. The second-order valence-electron chi connectivity index (χ2n) is 11.1. The van der Waals surface area contributed by atoms with Crippen molar-refractivity contribution in [1.82, 2.24) is 9.80 Å². The quantitative estimate of drug-likeness (QED) is 0.227. The van der Waals surface area contributed by atoms with Crippen LogP contribution < -0.4 is 9.47 Å². The van der Waals surface area contributed by atoms with Crippen LogP contribution >= 0.6 is 11.3 Å². The standard InChI is InChI=1S/C34H38N2O6S/c1-40-30-19-24(4-5-25(30)21-35-13-16-41-17-14-35)33(39)32-29-11-8-27(38)20-31(29)43-34(32)23-6-9-28(10-7-23)42-18-15-36-12-2-3-26(36)22-37/h4-11,19-20,26,37-38H,2-3,12-18,21-22H2,1H3. The molecule has 0 saturated carbocycles. The minimum absolute atomic E-state index is 0.0902. The lowest BCUT2D eigenvalue weighted by Gasteiger charge is -2.27. The summed E-state index contributed by atoms with van der Waals surface area (Å²) in [5.41, 5.74) is 3.11. The zero-order valence-corrected chi connectivity index (χ0v) is 25.3. The average Bonchev–Trinajstić information content (AvgIpc) is 3.65. The number of ketones is 1. The maximum absolute atomic E-state index is 14.2. The molecule has 4 aromatic rings. The highest BCUT2D eigenvalue weighted by molar-refractivity contribution is 7.22. The van der Waals surface area contributed by atoms with E-state index >= 15 is 0 Å². The molecule has 2 fully saturated rings. The molecule has 3 aromatic carbocycles. The van der Waals surface area contributed by atoms with Crippen LogP contribution in [0.25, 0.3) is 20.5 Å². The first-order valence-corrected chi connectivity index (χ1v) is 15.7. The van der Waals surface area contributed by atoms with Gasteiger partial charge in [-0.25, -0.2) is 0 Å². The number of morpholine rings is 1. The fraction of sp³-hybridized carbons (Fsp3) is 0.382. The second kappa shape index (κ2) is 13.4. The highest BCUT2D eigenvalue weighted by atomic mass is 32.1. The van der Waals surface area contributed by atoms with Crippen molar-refractivity contribution < 1.29 is 29.2 Å². The van der Waals surface area contributed by atoms with Crippen molar-refractivity contribution in [3.05, 3.63) is 77.4 Å². The summed E-state index contributed by atoms with van der Waals surface area (Å²) in [5, 5.41) is 20.5. The van der Waals surface area contributed by atoms with Crippen LogP contribution in [0.1, 0.15) is 34.3 Å². The first-order chi connectivity index (χ1) is 21.0. The number of methoxy groups -OCH3 is 1. The lowest BCUT2D eigenvalue weighted by Crippen LogP contribution is -2.35. The van der Waals surface area contributed by atoms with E-state index < -0.39 is 0 Å². The Labute approximate surface area is 256 Å². The highest BCUT2D eigenvalue weighted by Crippen LogP contribution is 2.42. The van der Waals surface area contributed by atoms with Crippen LogP contribution in [0.3, 0.4) is 0 Å². The fourth-order valence-electron chi connectivity index (χ4n) is 6.05. The van der Waals surface area contributed by atoms with Crippen LogP contribution in [0.5, 0.6) is 17.2 Å². The van der Waals surface area contributed by atoms with Crippen LogP contribution in [-0.2, 0) is 11.3 Å². The third-order valence-corrected chi connectivity index (χ3v) is 9.62. The van der Waals surface area contributed by atoms with Gasteiger partial charge in [-0.3, -0.25) is 14.6 Å². The van der Waals surface area contributed by atoms with E-state index in [1.54, 1.807) is 19.2 Å². The van der Waals surface area contributed by atoms with Crippen LogP contribution in [0.15, 0.2) is 60.7 Å². The van der Waals surface area contributed by atoms with Gasteiger partial charge in [0.1, 0.15) is 23.9 Å². The summed E-state index contributed by atoms with van der Waals surface area (Å²) in [6.07, 6.45) is 2.14. The second-order valence-corrected chi connectivity index (χ2v) is 12.2. The van der Waals surface area contributed by atoms with Gasteiger partial charge in [-0.05, 0) is 73.5 Å². The van der Waals surface area contributed by atoms with Gasteiger partial charge in [-0.2, -0.15) is 0 Å². The Bertz CT molecular complexity index is 1560. The van der Waals surface area contributed by atoms with Crippen molar-refractivity contribution in [1.29, 1.82) is 0 Å². The number of hydrogen-bond donors (Lipinski definition) is 2. The number of hydrogen-bond acceptors (Lipinski definition) is 9. The summed E-state index contributed by atoms with van der Waals surface area (Å²) in [4.78, 5) is 19.6. The molecule has 43 heavy (non-hydrogen) atoms. The smallest absolute Gasteiger partial charge is 0.195 e. The molecule has 2 aliphatic rings. The predicted molar refractivity (Wildman–Crippen MR) is 169 cm³/mol. The van der Waals surface area contributed by atoms with Gasteiger partial charge in [0.05, 0.1) is 26.9 Å². The summed E-state index contributed by atoms with van der Waals surface area (Å²) in [7, 11) is 1.64. The van der Waals surface area contributed by atoms with Crippen molar-refractivity contribution in [2.75, 3.05) is 59.7 Å². The number of phenols is 1. The van der Waals surface area contributed by atoms with Crippen molar-refractivity contribution in [2.24, 2.45) is 0 Å². The Morgan fingerprint density at radius 1 is 1.05 bits per heavy atom. The number of aromatic hydroxyl groups is 1. The van der Waals surface area contributed by atoms with Crippen molar-refractivity contribution in [2.45, 2.75) is 25.4 Å². The van der Waals surface area contributed by atoms with Crippen molar-refractivity contribution in [3.63, 3.8) is 0 Å². The fourth-order valence-corrected chi connectivity index (χ4v) is 7.29. The number of aliphatic hydroxyl groups is 1. The van der Waals surface area contributed by atoms with E-state index in [0.29, 0.717) is 23.5 Å². The molecule has 6 rings (SSSR count). The lowest BCUT2D eigenvalue weighted by molar-refractivity contribution is 0.0339. The number of likely N-dealkylation sites (tertiary alicyclic amines) is 1. The summed E-state index contributed by atoms with van der Waals surface area (Å²) in [6.45, 7) is 6.42. The van der Waals surface area contributed by atoms with Crippen LogP contribution in [0.2, 0.25) is 0 Å². The molecule has 226 valence electrons. The zero-order chi connectivity index (χ0) is 29.8. The number of phenolic OH excluding ortho intramolecular Hbond substituents is 1. The number of carbonyl (C=O) groups is 1. The molecule has 2 N–H and O–H groups in total. The monoisotopic (exact) mass is 602 g/mol. The van der Waals surface area contributed by atoms with Gasteiger partial charge in [-0.1, -0.05) is 12.1 Å². The topological polar surface area (TPSA) is 91.7 Å². The summed E-state index contributed by atoms with van der Waals surface area (Å²) < 4.78 is 18.1. The third kappa shape index (κ3) is 6.56. The number of fused-ring (bicyclic) bond motifs is 1. The van der Waals surface area contributed by atoms with Crippen LogP contribution in [-0.4, -0.2) is 91.6 Å². The van der Waals surface area contributed by atoms with Crippen LogP contribution in [0.4, 0.5) is 0 Å². The third-order valence-electron chi connectivity index (χ3n) is 8.42. The van der Waals surface area contributed by atoms with Gasteiger partial charge in [-0.15, -0.1) is 11.3 Å². The SMILES string of the molecule is COc1cc(C(=O)c2c(-c3ccc(OCCN4CCCC4CO)cc3)sc3cc(O)ccc23)ccc1CN1CCOCC1. The summed E-state index contributed by atoms with van der Waals surface area (Å²) >= 11 is 1.49. The molecule has 3 heterocycles.